The Bertz CT molecular complexity index is 1130. The average molecular weight is 483 g/mol. The van der Waals surface area contributed by atoms with Crippen molar-refractivity contribution in [3.63, 3.8) is 0 Å². The molecule has 1 unspecified atom stereocenters. The van der Waals surface area contributed by atoms with Crippen molar-refractivity contribution in [3.05, 3.63) is 71.7 Å². The second-order valence-corrected chi connectivity index (χ2v) is 8.33. The number of halogens is 1. The number of aryl methyl sites for hydroxylation is 1. The number of rotatable bonds is 10. The van der Waals surface area contributed by atoms with E-state index in [9.17, 15) is 9.18 Å². The molecule has 1 N–H and O–H groups in total. The molecule has 1 aliphatic heterocycles. The summed E-state index contributed by atoms with van der Waals surface area (Å²) < 4.78 is 36.1. The van der Waals surface area contributed by atoms with Gasteiger partial charge in [-0.25, -0.2) is 4.39 Å². The fraction of sp³-hybridized carbons (Fsp3) is 0.370. The zero-order valence-electron chi connectivity index (χ0n) is 20.1. The van der Waals surface area contributed by atoms with Gasteiger partial charge in [0.25, 0.3) is 0 Å². The number of amides is 1. The van der Waals surface area contributed by atoms with Crippen molar-refractivity contribution >= 4 is 5.91 Å². The van der Waals surface area contributed by atoms with Gasteiger partial charge in [0.15, 0.2) is 11.5 Å². The van der Waals surface area contributed by atoms with Crippen molar-refractivity contribution in [1.82, 2.24) is 10.2 Å². The van der Waals surface area contributed by atoms with Crippen LogP contribution in [0.5, 0.6) is 11.5 Å². The van der Waals surface area contributed by atoms with E-state index in [4.69, 9.17) is 18.6 Å². The molecular formula is C27H31FN2O5. The van der Waals surface area contributed by atoms with E-state index in [1.165, 1.54) is 6.07 Å². The fourth-order valence-electron chi connectivity index (χ4n) is 4.26. The van der Waals surface area contributed by atoms with Crippen LogP contribution in [-0.2, 0) is 16.0 Å². The maximum absolute atomic E-state index is 14.0. The summed E-state index contributed by atoms with van der Waals surface area (Å²) in [4.78, 5) is 15.0. The minimum atomic E-state index is -0.338. The molecule has 0 aliphatic carbocycles. The molecule has 0 spiro atoms. The number of carbonyl (C=O) groups excluding carboxylic acids is 1. The molecule has 7 nitrogen and oxygen atoms in total. The van der Waals surface area contributed by atoms with Gasteiger partial charge in [-0.1, -0.05) is 18.2 Å². The largest absolute Gasteiger partial charge is 0.493 e. The van der Waals surface area contributed by atoms with E-state index < -0.39 is 0 Å². The van der Waals surface area contributed by atoms with Gasteiger partial charge in [-0.3, -0.25) is 9.69 Å². The van der Waals surface area contributed by atoms with Crippen molar-refractivity contribution in [2.75, 3.05) is 47.1 Å². The van der Waals surface area contributed by atoms with Gasteiger partial charge in [0.1, 0.15) is 17.3 Å². The van der Waals surface area contributed by atoms with Crippen LogP contribution in [0.3, 0.4) is 0 Å². The van der Waals surface area contributed by atoms with E-state index >= 15 is 0 Å². The van der Waals surface area contributed by atoms with Gasteiger partial charge in [0.2, 0.25) is 5.91 Å². The number of furan rings is 1. The first-order chi connectivity index (χ1) is 17.1. The Labute approximate surface area is 204 Å². The Morgan fingerprint density at radius 1 is 1.06 bits per heavy atom. The zero-order valence-corrected chi connectivity index (χ0v) is 20.1. The molecule has 1 aromatic heterocycles. The minimum Gasteiger partial charge on any atom is -0.493 e. The van der Waals surface area contributed by atoms with Crippen LogP contribution >= 0.6 is 0 Å². The Morgan fingerprint density at radius 3 is 2.57 bits per heavy atom. The minimum absolute atomic E-state index is 0.0288. The molecule has 1 fully saturated rings. The SMILES string of the molecule is COc1ccc(C(CNC(=O)CCc2ccc(-c3ccccc3F)o2)N2CCOCC2)cc1OC. The third-order valence-corrected chi connectivity index (χ3v) is 6.17. The second kappa shape index (κ2) is 11.9. The predicted octanol–water partition coefficient (Wildman–Crippen LogP) is 4.23. The quantitative estimate of drug-likeness (QED) is 0.466. The Kier molecular flexibility index (Phi) is 8.39. The molecule has 1 aliphatic rings. The Morgan fingerprint density at radius 2 is 1.83 bits per heavy atom. The highest BCUT2D eigenvalue weighted by atomic mass is 19.1. The number of methoxy groups -OCH3 is 2. The lowest BCUT2D eigenvalue weighted by Gasteiger charge is -2.35. The number of benzene rings is 2. The summed E-state index contributed by atoms with van der Waals surface area (Å²) in [6, 6.07) is 15.8. The molecule has 3 aromatic rings. The molecule has 4 rings (SSSR count). The van der Waals surface area contributed by atoms with Crippen LogP contribution in [-0.4, -0.2) is 57.9 Å². The van der Waals surface area contributed by atoms with Crippen LogP contribution in [0.2, 0.25) is 0 Å². The van der Waals surface area contributed by atoms with Gasteiger partial charge in [0, 0.05) is 32.5 Å². The monoisotopic (exact) mass is 482 g/mol. The number of hydrogen-bond donors (Lipinski definition) is 1. The third kappa shape index (κ3) is 6.21. The van der Waals surface area contributed by atoms with E-state index in [0.717, 1.165) is 18.7 Å². The van der Waals surface area contributed by atoms with Gasteiger partial charge >= 0.3 is 0 Å². The van der Waals surface area contributed by atoms with E-state index in [0.29, 0.717) is 54.8 Å². The van der Waals surface area contributed by atoms with Crippen LogP contribution in [0.4, 0.5) is 4.39 Å². The number of nitrogens with zero attached hydrogens (tertiary/aromatic N) is 1. The average Bonchev–Trinajstić information content (AvgIpc) is 3.37. The van der Waals surface area contributed by atoms with E-state index in [-0.39, 0.29) is 24.2 Å². The van der Waals surface area contributed by atoms with Gasteiger partial charge in [-0.05, 0) is 42.0 Å². The summed E-state index contributed by atoms with van der Waals surface area (Å²) in [6.45, 7) is 3.31. The van der Waals surface area contributed by atoms with Crippen molar-refractivity contribution < 1.29 is 27.8 Å². The highest BCUT2D eigenvalue weighted by molar-refractivity contribution is 5.76. The standard InChI is InChI=1S/C27H31FN2O5/c1-32-25-10-7-19(17-26(25)33-2)23(30-13-15-34-16-14-30)18-29-27(31)12-9-20-8-11-24(35-20)21-5-3-4-6-22(21)28/h3-8,10-11,17,23H,9,12-16,18H2,1-2H3,(H,29,31). The van der Waals surface area contributed by atoms with Gasteiger partial charge in [-0.2, -0.15) is 0 Å². The molecule has 35 heavy (non-hydrogen) atoms. The Hall–Kier alpha value is -3.36. The van der Waals surface area contributed by atoms with Gasteiger partial charge in [-0.15, -0.1) is 0 Å². The maximum Gasteiger partial charge on any atom is 0.220 e. The highest BCUT2D eigenvalue weighted by Crippen LogP contribution is 2.32. The maximum atomic E-state index is 14.0. The summed E-state index contributed by atoms with van der Waals surface area (Å²) in [5.41, 5.74) is 1.44. The van der Waals surface area contributed by atoms with Crippen LogP contribution in [0, 0.1) is 5.82 Å². The molecule has 8 heteroatoms. The lowest BCUT2D eigenvalue weighted by molar-refractivity contribution is -0.121. The summed E-state index contributed by atoms with van der Waals surface area (Å²) >= 11 is 0. The first kappa shape index (κ1) is 24.8. The highest BCUT2D eigenvalue weighted by Gasteiger charge is 2.24. The smallest absolute Gasteiger partial charge is 0.220 e. The molecule has 2 heterocycles. The van der Waals surface area contributed by atoms with Crippen molar-refractivity contribution in [3.8, 4) is 22.8 Å². The van der Waals surface area contributed by atoms with E-state index in [1.54, 1.807) is 44.6 Å². The van der Waals surface area contributed by atoms with Crippen LogP contribution in [0.15, 0.2) is 59.0 Å². The molecule has 0 radical (unpaired) electrons. The Balaban J connectivity index is 1.38. The predicted molar refractivity (Wildman–Crippen MR) is 130 cm³/mol. The van der Waals surface area contributed by atoms with Crippen molar-refractivity contribution in [2.24, 2.45) is 0 Å². The summed E-state index contributed by atoms with van der Waals surface area (Å²) in [5, 5.41) is 3.07. The first-order valence-electron chi connectivity index (χ1n) is 11.7. The zero-order chi connectivity index (χ0) is 24.6. The third-order valence-electron chi connectivity index (χ3n) is 6.17. The number of ether oxygens (including phenoxy) is 3. The molecular weight excluding hydrogens is 451 g/mol. The second-order valence-electron chi connectivity index (χ2n) is 8.33. The van der Waals surface area contributed by atoms with Gasteiger partial charge in [0.05, 0.1) is 39.0 Å². The molecule has 0 bridgehead atoms. The van der Waals surface area contributed by atoms with E-state index in [1.807, 2.05) is 18.2 Å². The molecule has 1 saturated heterocycles. The normalized spacial score (nSPS) is 14.9. The van der Waals surface area contributed by atoms with Crippen LogP contribution in [0.1, 0.15) is 23.8 Å². The van der Waals surface area contributed by atoms with Crippen LogP contribution in [0.25, 0.3) is 11.3 Å². The van der Waals surface area contributed by atoms with Gasteiger partial charge < -0.3 is 23.9 Å². The first-order valence-corrected chi connectivity index (χ1v) is 11.7. The lowest BCUT2D eigenvalue weighted by atomic mass is 10.0. The number of morpholine rings is 1. The number of hydrogen-bond acceptors (Lipinski definition) is 6. The molecule has 2 aromatic carbocycles. The summed E-state index contributed by atoms with van der Waals surface area (Å²) in [7, 11) is 3.22. The molecule has 1 amide bonds. The van der Waals surface area contributed by atoms with Crippen LogP contribution < -0.4 is 14.8 Å². The molecule has 1 atom stereocenters. The van der Waals surface area contributed by atoms with Crippen molar-refractivity contribution in [2.45, 2.75) is 18.9 Å². The lowest BCUT2D eigenvalue weighted by Crippen LogP contribution is -2.43. The summed E-state index contributed by atoms with van der Waals surface area (Å²) in [5.74, 6) is 2.00. The fourth-order valence-corrected chi connectivity index (χ4v) is 4.26. The van der Waals surface area contributed by atoms with E-state index in [2.05, 4.69) is 10.2 Å². The molecule has 0 saturated carbocycles. The number of carbonyl (C=O) groups is 1. The number of nitrogens with one attached hydrogen (secondary N) is 1. The summed E-state index contributed by atoms with van der Waals surface area (Å²) in [6.07, 6.45) is 0.699. The molecule has 186 valence electrons. The topological polar surface area (TPSA) is 73.2 Å². The van der Waals surface area contributed by atoms with Crippen molar-refractivity contribution in [1.29, 1.82) is 0 Å².